The van der Waals surface area contributed by atoms with Crippen molar-refractivity contribution in [1.29, 1.82) is 0 Å². The second-order valence-corrected chi connectivity index (χ2v) is 12.4. The quantitative estimate of drug-likeness (QED) is 0.136. The van der Waals surface area contributed by atoms with Gasteiger partial charge in [-0.1, -0.05) is 153 Å². The number of hydrogen-bond donors (Lipinski definition) is 1. The lowest BCUT2D eigenvalue weighted by molar-refractivity contribution is 0.265. The van der Waals surface area contributed by atoms with Gasteiger partial charge >= 0.3 is 0 Å². The standard InChI is InChI=1S/C42H40N6O/c1-3-4-24-39-31(2)43-40(30-49)47(39)29-32-25-27-33(28-26-32)37-22-14-15-23-38(37)41-44-46-48(45-41)42(34-16-8-5-9-17-34,35-18-10-6-11-19-35)36-20-12-7-13-21-36/h5-23,25-28,49H,3-4,24,29-30H2,1-2H3. The van der Waals surface area contributed by atoms with Crippen LogP contribution < -0.4 is 0 Å². The Hall–Kier alpha value is -5.66. The first kappa shape index (κ1) is 31.9. The Balaban J connectivity index is 1.28. The van der Waals surface area contributed by atoms with E-state index in [2.05, 4.69) is 126 Å². The second kappa shape index (κ2) is 14.2. The lowest BCUT2D eigenvalue weighted by Crippen LogP contribution is -2.39. The molecule has 0 atom stereocenters. The third-order valence-corrected chi connectivity index (χ3v) is 9.32. The zero-order valence-electron chi connectivity index (χ0n) is 27.9. The van der Waals surface area contributed by atoms with E-state index in [0.29, 0.717) is 18.2 Å². The first-order chi connectivity index (χ1) is 24.1. The van der Waals surface area contributed by atoms with Gasteiger partial charge in [0.15, 0.2) is 5.54 Å². The molecule has 0 saturated carbocycles. The molecule has 0 radical (unpaired) electrons. The van der Waals surface area contributed by atoms with E-state index in [1.807, 2.05) is 37.3 Å². The Morgan fingerprint density at radius 3 is 1.78 bits per heavy atom. The number of unbranched alkanes of at least 4 members (excludes halogenated alkanes) is 1. The van der Waals surface area contributed by atoms with Crippen LogP contribution in [0.5, 0.6) is 0 Å². The highest BCUT2D eigenvalue weighted by molar-refractivity contribution is 5.80. The molecule has 0 amide bonds. The minimum absolute atomic E-state index is 0.0772. The molecule has 5 aromatic carbocycles. The molecular formula is C42H40N6O. The maximum Gasteiger partial charge on any atom is 0.205 e. The largest absolute Gasteiger partial charge is 0.388 e. The average molecular weight is 645 g/mol. The number of aliphatic hydroxyl groups excluding tert-OH is 1. The summed E-state index contributed by atoms with van der Waals surface area (Å²) in [6.45, 7) is 4.82. The highest BCUT2D eigenvalue weighted by Crippen LogP contribution is 2.40. The topological polar surface area (TPSA) is 81.7 Å². The van der Waals surface area contributed by atoms with E-state index >= 15 is 0 Å². The SMILES string of the molecule is CCCCc1c(C)nc(CO)n1Cc1ccc(-c2ccccc2-c2nnn(C(c3ccccc3)(c3ccccc3)c3ccccc3)n2)cc1. The van der Waals surface area contributed by atoms with E-state index in [-0.39, 0.29) is 6.61 Å². The highest BCUT2D eigenvalue weighted by atomic mass is 16.3. The van der Waals surface area contributed by atoms with Gasteiger partial charge in [-0.05, 0) is 58.4 Å². The van der Waals surface area contributed by atoms with Crippen LogP contribution in [0.1, 0.15) is 59.2 Å². The summed E-state index contributed by atoms with van der Waals surface area (Å²) in [6.07, 6.45) is 3.16. The van der Waals surface area contributed by atoms with Crippen LogP contribution in [0.3, 0.4) is 0 Å². The van der Waals surface area contributed by atoms with Crippen LogP contribution in [-0.4, -0.2) is 34.9 Å². The molecule has 0 spiro atoms. The van der Waals surface area contributed by atoms with Crippen molar-refractivity contribution in [2.24, 2.45) is 0 Å². The number of nitrogens with zero attached hydrogens (tertiary/aromatic N) is 6. The van der Waals surface area contributed by atoms with Crippen LogP contribution >= 0.6 is 0 Å². The molecule has 0 bridgehead atoms. The molecule has 0 fully saturated rings. The van der Waals surface area contributed by atoms with Gasteiger partial charge in [0, 0.05) is 17.8 Å². The van der Waals surface area contributed by atoms with Gasteiger partial charge in [-0.2, -0.15) is 0 Å². The van der Waals surface area contributed by atoms with Crippen LogP contribution in [0.4, 0.5) is 0 Å². The summed E-state index contributed by atoms with van der Waals surface area (Å²) in [5.41, 5.74) is 8.60. The Morgan fingerprint density at radius 2 is 1.22 bits per heavy atom. The van der Waals surface area contributed by atoms with E-state index in [4.69, 9.17) is 15.4 Å². The zero-order valence-corrected chi connectivity index (χ0v) is 27.9. The van der Waals surface area contributed by atoms with Gasteiger partial charge in [-0.25, -0.2) is 4.98 Å². The van der Waals surface area contributed by atoms with Crippen LogP contribution in [0.25, 0.3) is 22.5 Å². The van der Waals surface area contributed by atoms with Gasteiger partial charge in [0.1, 0.15) is 12.4 Å². The number of aryl methyl sites for hydroxylation is 1. The van der Waals surface area contributed by atoms with Gasteiger partial charge in [0.25, 0.3) is 0 Å². The Kier molecular flexibility index (Phi) is 9.26. The predicted molar refractivity (Wildman–Crippen MR) is 194 cm³/mol. The number of aliphatic hydroxyl groups is 1. The maximum atomic E-state index is 10.0. The third-order valence-electron chi connectivity index (χ3n) is 9.32. The molecule has 7 rings (SSSR count). The second-order valence-electron chi connectivity index (χ2n) is 12.4. The molecule has 0 aliphatic rings. The van der Waals surface area contributed by atoms with Crippen LogP contribution in [0.15, 0.2) is 140 Å². The summed E-state index contributed by atoms with van der Waals surface area (Å²) < 4.78 is 2.18. The van der Waals surface area contributed by atoms with Crippen molar-refractivity contribution in [3.05, 3.63) is 179 Å². The summed E-state index contributed by atoms with van der Waals surface area (Å²) in [7, 11) is 0. The first-order valence-corrected chi connectivity index (χ1v) is 16.9. The number of imidazole rings is 1. The van der Waals surface area contributed by atoms with Crippen molar-refractivity contribution in [3.63, 3.8) is 0 Å². The normalized spacial score (nSPS) is 11.6. The molecule has 7 aromatic rings. The minimum atomic E-state index is -0.847. The fraction of sp³-hybridized carbons (Fsp3) is 0.190. The number of hydrogen-bond acceptors (Lipinski definition) is 5. The number of aromatic nitrogens is 6. The number of rotatable bonds is 12. The van der Waals surface area contributed by atoms with Gasteiger partial charge in [-0.3, -0.25) is 0 Å². The van der Waals surface area contributed by atoms with Crippen molar-refractivity contribution in [2.75, 3.05) is 0 Å². The molecule has 0 unspecified atom stereocenters. The Labute approximate surface area is 287 Å². The van der Waals surface area contributed by atoms with Gasteiger partial charge in [0.2, 0.25) is 5.82 Å². The van der Waals surface area contributed by atoms with E-state index in [1.165, 1.54) is 5.69 Å². The molecule has 2 aromatic heterocycles. The van der Waals surface area contributed by atoms with E-state index < -0.39 is 5.54 Å². The maximum absolute atomic E-state index is 10.0. The lowest BCUT2D eigenvalue weighted by atomic mass is 9.77. The fourth-order valence-corrected chi connectivity index (χ4v) is 6.89. The van der Waals surface area contributed by atoms with Crippen molar-refractivity contribution >= 4 is 0 Å². The third kappa shape index (κ3) is 6.09. The Bertz CT molecular complexity index is 2020. The molecule has 0 aliphatic carbocycles. The van der Waals surface area contributed by atoms with Crippen molar-refractivity contribution in [3.8, 4) is 22.5 Å². The number of benzene rings is 5. The van der Waals surface area contributed by atoms with Crippen molar-refractivity contribution in [2.45, 2.75) is 51.8 Å². The van der Waals surface area contributed by atoms with Gasteiger partial charge < -0.3 is 9.67 Å². The van der Waals surface area contributed by atoms with Crippen molar-refractivity contribution < 1.29 is 5.11 Å². The van der Waals surface area contributed by atoms with Crippen LogP contribution in [-0.2, 0) is 25.1 Å². The summed E-state index contributed by atoms with van der Waals surface area (Å²) in [6, 6.07) is 48.0. The monoisotopic (exact) mass is 644 g/mol. The summed E-state index contributed by atoms with van der Waals surface area (Å²) in [5.74, 6) is 1.26. The van der Waals surface area contributed by atoms with E-state index in [0.717, 1.165) is 63.9 Å². The molecule has 7 heteroatoms. The fourth-order valence-electron chi connectivity index (χ4n) is 6.89. The number of tetrazole rings is 1. The van der Waals surface area contributed by atoms with Crippen LogP contribution in [0, 0.1) is 6.92 Å². The highest BCUT2D eigenvalue weighted by Gasteiger charge is 2.41. The van der Waals surface area contributed by atoms with Crippen LogP contribution in [0.2, 0.25) is 0 Å². The lowest BCUT2D eigenvalue weighted by Gasteiger charge is -2.34. The molecule has 0 saturated heterocycles. The van der Waals surface area contributed by atoms with E-state index in [9.17, 15) is 5.11 Å². The molecule has 244 valence electrons. The average Bonchev–Trinajstić information content (AvgIpc) is 3.77. The van der Waals surface area contributed by atoms with Gasteiger partial charge in [0.05, 0.1) is 5.69 Å². The molecule has 1 N–H and O–H groups in total. The molecule has 7 nitrogen and oxygen atoms in total. The summed E-state index contributed by atoms with van der Waals surface area (Å²) in [4.78, 5) is 6.42. The van der Waals surface area contributed by atoms with Crippen molar-refractivity contribution in [1.82, 2.24) is 29.8 Å². The van der Waals surface area contributed by atoms with Gasteiger partial charge in [-0.15, -0.1) is 15.0 Å². The smallest absolute Gasteiger partial charge is 0.205 e. The Morgan fingerprint density at radius 1 is 0.673 bits per heavy atom. The summed E-state index contributed by atoms with van der Waals surface area (Å²) in [5, 5.41) is 24.7. The molecular weight excluding hydrogens is 605 g/mol. The molecule has 2 heterocycles. The predicted octanol–water partition coefficient (Wildman–Crippen LogP) is 8.24. The first-order valence-electron chi connectivity index (χ1n) is 16.9. The zero-order chi connectivity index (χ0) is 33.6. The molecule has 49 heavy (non-hydrogen) atoms. The minimum Gasteiger partial charge on any atom is -0.388 e. The summed E-state index contributed by atoms with van der Waals surface area (Å²) >= 11 is 0. The molecule has 0 aliphatic heterocycles. The van der Waals surface area contributed by atoms with E-state index in [1.54, 1.807) is 4.80 Å².